The molecule has 106 valence electrons. The van der Waals surface area contributed by atoms with Crippen molar-refractivity contribution in [2.45, 2.75) is 19.6 Å². The number of methoxy groups -OCH3 is 1. The van der Waals surface area contributed by atoms with Crippen molar-refractivity contribution in [3.63, 3.8) is 0 Å². The lowest BCUT2D eigenvalue weighted by atomic mass is 10.1. The number of hydrogen-bond acceptors (Lipinski definition) is 4. The van der Waals surface area contributed by atoms with E-state index in [1.54, 1.807) is 38.3 Å². The van der Waals surface area contributed by atoms with E-state index in [0.29, 0.717) is 22.8 Å². The molecule has 2 aromatic rings. The van der Waals surface area contributed by atoms with E-state index in [2.05, 4.69) is 0 Å². The van der Waals surface area contributed by atoms with Crippen molar-refractivity contribution in [2.75, 3.05) is 7.11 Å². The molecule has 0 bridgehead atoms. The summed E-state index contributed by atoms with van der Waals surface area (Å²) in [6.07, 6.45) is -0.617. The van der Waals surface area contributed by atoms with Crippen molar-refractivity contribution < 1.29 is 19.7 Å². The van der Waals surface area contributed by atoms with Crippen LogP contribution in [0.1, 0.15) is 24.2 Å². The largest absolute Gasteiger partial charge is 0.493 e. The van der Waals surface area contributed by atoms with Gasteiger partial charge in [0.2, 0.25) is 0 Å². The second kappa shape index (κ2) is 6.41. The molecule has 1 atom stereocenters. The summed E-state index contributed by atoms with van der Waals surface area (Å²) in [7, 11) is 1.55. The Kier molecular flexibility index (Phi) is 4.61. The van der Waals surface area contributed by atoms with Crippen LogP contribution in [0.4, 0.5) is 0 Å². The quantitative estimate of drug-likeness (QED) is 0.880. The third-order valence-electron chi connectivity index (χ3n) is 3.00. The second-order valence-corrected chi connectivity index (χ2v) is 4.46. The normalized spacial score (nSPS) is 12.0. The number of aliphatic hydroxyl groups excluding tert-OH is 2. The molecule has 0 saturated carbocycles. The molecule has 1 unspecified atom stereocenters. The van der Waals surface area contributed by atoms with Crippen LogP contribution in [-0.2, 0) is 6.61 Å². The summed E-state index contributed by atoms with van der Waals surface area (Å²) in [5, 5.41) is 18.9. The fourth-order valence-corrected chi connectivity index (χ4v) is 1.93. The minimum atomic E-state index is -0.617. The molecule has 2 N–H and O–H groups in total. The van der Waals surface area contributed by atoms with Crippen LogP contribution in [0.2, 0.25) is 0 Å². The van der Waals surface area contributed by atoms with Crippen LogP contribution in [0.5, 0.6) is 17.2 Å². The van der Waals surface area contributed by atoms with Crippen LogP contribution in [-0.4, -0.2) is 17.3 Å². The molecule has 20 heavy (non-hydrogen) atoms. The number of hydrogen-bond donors (Lipinski definition) is 2. The summed E-state index contributed by atoms with van der Waals surface area (Å²) in [4.78, 5) is 0. The van der Waals surface area contributed by atoms with Gasteiger partial charge in [0.15, 0.2) is 11.5 Å². The summed E-state index contributed by atoms with van der Waals surface area (Å²) in [5.41, 5.74) is 1.46. The van der Waals surface area contributed by atoms with E-state index in [4.69, 9.17) is 14.6 Å². The van der Waals surface area contributed by atoms with Gasteiger partial charge in [0, 0.05) is 5.56 Å². The molecule has 0 aromatic heterocycles. The van der Waals surface area contributed by atoms with Gasteiger partial charge in [0.05, 0.1) is 19.8 Å². The monoisotopic (exact) mass is 274 g/mol. The Morgan fingerprint density at radius 1 is 1.05 bits per heavy atom. The molecule has 0 heterocycles. The number of ether oxygens (including phenoxy) is 2. The number of aliphatic hydroxyl groups is 2. The van der Waals surface area contributed by atoms with Gasteiger partial charge in [-0.3, -0.25) is 0 Å². The molecule has 0 aliphatic carbocycles. The molecule has 0 saturated heterocycles. The highest BCUT2D eigenvalue weighted by Crippen LogP contribution is 2.35. The molecule has 2 aromatic carbocycles. The maximum atomic E-state index is 9.75. The van der Waals surface area contributed by atoms with Gasteiger partial charge in [0.1, 0.15) is 5.75 Å². The Morgan fingerprint density at radius 2 is 1.80 bits per heavy atom. The van der Waals surface area contributed by atoms with Gasteiger partial charge >= 0.3 is 0 Å². The lowest BCUT2D eigenvalue weighted by molar-refractivity contribution is 0.195. The first-order valence-corrected chi connectivity index (χ1v) is 6.38. The van der Waals surface area contributed by atoms with Crippen LogP contribution in [0.25, 0.3) is 0 Å². The van der Waals surface area contributed by atoms with E-state index < -0.39 is 6.10 Å². The minimum Gasteiger partial charge on any atom is -0.493 e. The first-order valence-electron chi connectivity index (χ1n) is 6.38. The van der Waals surface area contributed by atoms with Gasteiger partial charge in [-0.25, -0.2) is 0 Å². The van der Waals surface area contributed by atoms with Gasteiger partial charge in [0.25, 0.3) is 0 Å². The maximum absolute atomic E-state index is 9.75. The van der Waals surface area contributed by atoms with E-state index in [0.717, 1.165) is 5.56 Å². The fourth-order valence-electron chi connectivity index (χ4n) is 1.93. The topological polar surface area (TPSA) is 58.9 Å². The Morgan fingerprint density at radius 3 is 2.45 bits per heavy atom. The second-order valence-electron chi connectivity index (χ2n) is 4.46. The molecular weight excluding hydrogens is 256 g/mol. The zero-order valence-electron chi connectivity index (χ0n) is 11.5. The maximum Gasteiger partial charge on any atom is 0.169 e. The average Bonchev–Trinajstić information content (AvgIpc) is 2.48. The van der Waals surface area contributed by atoms with Crippen LogP contribution < -0.4 is 9.47 Å². The van der Waals surface area contributed by atoms with Gasteiger partial charge < -0.3 is 19.7 Å². The van der Waals surface area contributed by atoms with Crippen molar-refractivity contribution in [3.05, 3.63) is 53.6 Å². The minimum absolute atomic E-state index is 0.0547. The highest BCUT2D eigenvalue weighted by molar-refractivity contribution is 5.47. The first-order chi connectivity index (χ1) is 9.65. The summed E-state index contributed by atoms with van der Waals surface area (Å²) < 4.78 is 11.1. The van der Waals surface area contributed by atoms with Crippen LogP contribution in [0.15, 0.2) is 42.5 Å². The fraction of sp³-hybridized carbons (Fsp3) is 0.250. The molecule has 0 aliphatic heterocycles. The zero-order valence-corrected chi connectivity index (χ0v) is 11.5. The zero-order chi connectivity index (χ0) is 14.5. The SMILES string of the molecule is COc1cc(CO)ccc1Oc1ccccc1C(C)O. The third kappa shape index (κ3) is 3.10. The van der Waals surface area contributed by atoms with Gasteiger partial charge in [-0.15, -0.1) is 0 Å². The Balaban J connectivity index is 2.35. The Labute approximate surface area is 118 Å². The number of para-hydroxylation sites is 1. The molecule has 4 heteroatoms. The number of benzene rings is 2. The van der Waals surface area contributed by atoms with E-state index in [9.17, 15) is 5.11 Å². The van der Waals surface area contributed by atoms with Gasteiger partial charge in [-0.1, -0.05) is 24.3 Å². The molecule has 0 radical (unpaired) electrons. The summed E-state index contributed by atoms with van der Waals surface area (Å²) in [6.45, 7) is 1.63. The molecule has 0 aliphatic rings. The van der Waals surface area contributed by atoms with E-state index in [1.807, 2.05) is 18.2 Å². The standard InChI is InChI=1S/C16H18O4/c1-11(18)13-5-3-4-6-14(13)20-15-8-7-12(10-17)9-16(15)19-2/h3-9,11,17-18H,10H2,1-2H3. The Hall–Kier alpha value is -2.04. The Bertz CT molecular complexity index is 578. The number of rotatable bonds is 5. The molecular formula is C16H18O4. The lowest BCUT2D eigenvalue weighted by Gasteiger charge is -2.15. The van der Waals surface area contributed by atoms with Crippen molar-refractivity contribution >= 4 is 0 Å². The lowest BCUT2D eigenvalue weighted by Crippen LogP contribution is -1.97. The molecule has 0 amide bonds. The summed E-state index contributed by atoms with van der Waals surface area (Å²) in [5.74, 6) is 1.66. The average molecular weight is 274 g/mol. The van der Waals surface area contributed by atoms with Gasteiger partial charge in [-0.2, -0.15) is 0 Å². The molecule has 0 spiro atoms. The van der Waals surface area contributed by atoms with E-state index in [-0.39, 0.29) is 6.61 Å². The van der Waals surface area contributed by atoms with Gasteiger partial charge in [-0.05, 0) is 30.7 Å². The summed E-state index contributed by atoms with van der Waals surface area (Å²) >= 11 is 0. The predicted octanol–water partition coefficient (Wildman–Crippen LogP) is 3.03. The van der Waals surface area contributed by atoms with Crippen LogP contribution in [0, 0.1) is 0 Å². The van der Waals surface area contributed by atoms with Crippen molar-refractivity contribution in [2.24, 2.45) is 0 Å². The van der Waals surface area contributed by atoms with Crippen LogP contribution in [0.3, 0.4) is 0 Å². The van der Waals surface area contributed by atoms with Crippen molar-refractivity contribution in [1.29, 1.82) is 0 Å². The van der Waals surface area contributed by atoms with E-state index >= 15 is 0 Å². The predicted molar refractivity (Wildman–Crippen MR) is 76.1 cm³/mol. The molecule has 0 fully saturated rings. The van der Waals surface area contributed by atoms with Crippen molar-refractivity contribution in [1.82, 2.24) is 0 Å². The summed E-state index contributed by atoms with van der Waals surface area (Å²) in [6, 6.07) is 12.5. The first kappa shape index (κ1) is 14.4. The highest BCUT2D eigenvalue weighted by Gasteiger charge is 2.12. The smallest absolute Gasteiger partial charge is 0.169 e. The molecule has 2 rings (SSSR count). The molecule has 4 nitrogen and oxygen atoms in total. The third-order valence-corrected chi connectivity index (χ3v) is 3.00. The van der Waals surface area contributed by atoms with Crippen LogP contribution >= 0.6 is 0 Å². The van der Waals surface area contributed by atoms with E-state index in [1.165, 1.54) is 0 Å². The van der Waals surface area contributed by atoms with Crippen molar-refractivity contribution in [3.8, 4) is 17.2 Å². The highest BCUT2D eigenvalue weighted by atomic mass is 16.5.